The van der Waals surface area contributed by atoms with Crippen LogP contribution in [0, 0.1) is 52.8 Å². The number of carbonyl (C=O) groups is 8. The summed E-state index contributed by atoms with van der Waals surface area (Å²) in [5.41, 5.74) is 11.2. The molecule has 4 aromatic carbocycles. The highest BCUT2D eigenvalue weighted by molar-refractivity contribution is 7.92. The first kappa shape index (κ1) is 97.0. The van der Waals surface area contributed by atoms with Gasteiger partial charge in [0.05, 0.1) is 94.1 Å². The van der Waals surface area contributed by atoms with Crippen LogP contribution in [0.25, 0.3) is 21.8 Å². The van der Waals surface area contributed by atoms with Crippen LogP contribution in [0.3, 0.4) is 0 Å². The standard InChI is InChI=1S/C51H64N4O9S.C40H49N3O7.C10H16N2O3S.ClH/c1-5-36-29-51(36,49(59)53-65(60,61)50(2)20-21-50)30-43(56)42-27-37-31-55(42)48(58)40(35-24-32-14-9-10-15-33(32)25-35)28-45(57)64-44-26-34(44)16-7-6-8-18-39-46(62-23-13-22-54(3)4)38-17-11-12-19-41(38)52-47(39)63-37;1-42(2)17-10-18-48-37-30-14-8-9-16-33(30)41-38-31(37)15-5-3-4-13-27-21-35(27)50-36(44)23-32(28-19-25-11-6-7-12-26(25)20-28)39(45)43-24-29(49-38)22-34(43)40(46)47;1-3-7-6-10(7,11)8(13)12-16(14,15)9(2)4-5-9;/h5,9-12,14-15,17,19,34-37,40,42,44H,1,6-8,13,16,18,20-31H2,2-4H3,(H,53,59);6-9,11-12,14,16,27-29,32,34-35H,3-5,10,13,15,17-24H2,1-2H3,(H,46,47);3,7H,1,4-6,11H2,2H3,(H,12,13);1H/t34-,36-,37-,40+,42+,44-,51-;27-,29-,32+,34+,35-;7-,10-;/m111./s1. The summed E-state index contributed by atoms with van der Waals surface area (Å²) in [7, 11) is 0.616. The van der Waals surface area contributed by atoms with Gasteiger partial charge in [0.2, 0.25) is 49.5 Å². The van der Waals surface area contributed by atoms with E-state index in [2.05, 4.69) is 56.7 Å². The maximum atomic E-state index is 15.4. The molecule has 28 nitrogen and oxygen atoms in total. The van der Waals surface area contributed by atoms with E-state index in [0.29, 0.717) is 107 Å². The number of pyridine rings is 2. The number of nitrogens with zero attached hydrogens (tertiary/aromatic N) is 6. The number of ketones is 1. The highest BCUT2D eigenvalue weighted by Crippen LogP contribution is 2.58. The van der Waals surface area contributed by atoms with Crippen molar-refractivity contribution in [3.05, 3.63) is 156 Å². The van der Waals surface area contributed by atoms with Crippen molar-refractivity contribution in [3.63, 3.8) is 0 Å². The van der Waals surface area contributed by atoms with Crippen LogP contribution in [-0.2, 0) is 106 Å². The predicted octanol–water partition coefficient (Wildman–Crippen LogP) is 12.3. The van der Waals surface area contributed by atoms with Gasteiger partial charge >= 0.3 is 17.9 Å². The number of halogens is 1. The molecule has 2 aromatic heterocycles. The molecule has 132 heavy (non-hydrogen) atoms. The second kappa shape index (κ2) is 40.1. The van der Waals surface area contributed by atoms with Gasteiger partial charge in [-0.15, -0.1) is 25.6 Å². The molecule has 4 bridgehead atoms. The summed E-state index contributed by atoms with van der Waals surface area (Å²) >= 11 is 0. The Morgan fingerprint density at radius 3 is 1.35 bits per heavy atom. The minimum Gasteiger partial charge on any atom is -0.492 e. The summed E-state index contributed by atoms with van der Waals surface area (Å²) in [6, 6.07) is 29.9. The molecule has 712 valence electrons. The number of benzene rings is 4. The maximum absolute atomic E-state index is 15.4. The van der Waals surface area contributed by atoms with Gasteiger partial charge in [-0.05, 0) is 247 Å². The SMILES string of the molecule is C=C[C@@H]1C[C@]1(CC(=O)[C@@H]1C[C@@H]2CN1C(=O)[C@H](C1Cc3ccccc3C1)CC(=O)O[C@@H]1C[C@H]1CCCCCc1c(nc3ccccc3c1OCCCN(C)C)O2)C(=O)NS(=O)(=O)C1(C)CC1.C=C[C@@H]1C[C@]1(N)C(=O)NS(=O)(=O)C1(C)CC1.CN(C)CCCOc1c2c(nc3ccccc13)O[C@@H]1C[C@@H](C(=O)O)N(C1)C(=O)[C@H](C1Cc3ccccc3C1)CC(=O)O[C@@H]1C[C@H]1CCCCC2.Cl. The third-order valence-electron chi connectivity index (χ3n) is 29.9. The molecule has 4 amide bonds. The third-order valence-corrected chi connectivity index (χ3v) is 34.2. The number of rotatable bonds is 24. The van der Waals surface area contributed by atoms with E-state index < -0.39 is 106 Å². The quantitative estimate of drug-likeness (QED) is 0.0248. The van der Waals surface area contributed by atoms with Crippen LogP contribution in [0.15, 0.2) is 122 Å². The van der Waals surface area contributed by atoms with Crippen molar-refractivity contribution in [2.75, 3.05) is 67.6 Å². The molecule has 4 aliphatic heterocycles. The van der Waals surface area contributed by atoms with Gasteiger partial charge in [-0.3, -0.25) is 43.0 Å². The number of aromatic nitrogens is 2. The van der Waals surface area contributed by atoms with Crippen LogP contribution < -0.4 is 34.1 Å². The molecule has 6 saturated carbocycles. The van der Waals surface area contributed by atoms with Gasteiger partial charge in [-0.25, -0.2) is 31.6 Å². The van der Waals surface area contributed by atoms with Gasteiger partial charge in [-0.2, -0.15) is 0 Å². The number of hydrogen-bond donors (Lipinski definition) is 4. The van der Waals surface area contributed by atoms with Crippen molar-refractivity contribution in [2.24, 2.45) is 58.5 Å². The zero-order valence-corrected chi connectivity index (χ0v) is 79.4. The minimum atomic E-state index is -3.98. The van der Waals surface area contributed by atoms with Crippen molar-refractivity contribution in [2.45, 2.75) is 252 Å². The lowest BCUT2D eigenvalue weighted by molar-refractivity contribution is -0.155. The number of allylic oxidation sites excluding steroid dienone is 1. The summed E-state index contributed by atoms with van der Waals surface area (Å²) in [6.45, 7) is 13.6. The Bertz CT molecular complexity index is 5560. The lowest BCUT2D eigenvalue weighted by atomic mass is 9.85. The molecule has 0 unspecified atom stereocenters. The van der Waals surface area contributed by atoms with E-state index in [4.69, 9.17) is 44.1 Å². The molecular formula is C101H130ClN9O19S2. The van der Waals surface area contributed by atoms with E-state index in [1.807, 2.05) is 101 Å². The number of carboxylic acids is 1. The fourth-order valence-electron chi connectivity index (χ4n) is 20.6. The number of Topliss-reactive ketones (excluding diaryl/α,β-unsaturated/α-hetero) is 1. The topological polar surface area (TPSA) is 369 Å². The molecule has 8 fully saturated rings. The van der Waals surface area contributed by atoms with Gasteiger partial charge < -0.3 is 58.9 Å². The second-order valence-electron chi connectivity index (χ2n) is 40.2. The lowest BCUT2D eigenvalue weighted by Crippen LogP contribution is -2.49. The first-order valence-corrected chi connectivity index (χ1v) is 50.4. The number of nitrogens with two attached hydrogens (primary N) is 1. The summed E-state index contributed by atoms with van der Waals surface area (Å²) in [5.74, 6) is -3.50. The normalized spacial score (nSPS) is 28.3. The van der Waals surface area contributed by atoms with Crippen LogP contribution >= 0.6 is 12.4 Å². The number of hydrogen-bond acceptors (Lipinski definition) is 23. The summed E-state index contributed by atoms with van der Waals surface area (Å²) in [6.07, 6.45) is 19.2. The molecule has 12 aliphatic rings. The smallest absolute Gasteiger partial charge is 0.326 e. The Balaban J connectivity index is 0.000000175. The molecule has 2 saturated heterocycles. The first-order valence-electron chi connectivity index (χ1n) is 47.5. The molecule has 14 atom stereocenters. The van der Waals surface area contributed by atoms with Crippen LogP contribution in [0.4, 0.5) is 0 Å². The number of para-hydroxylation sites is 2. The van der Waals surface area contributed by atoms with E-state index in [1.165, 1.54) is 16.0 Å². The van der Waals surface area contributed by atoms with E-state index in [0.717, 1.165) is 140 Å². The number of fused-ring (bicyclic) bond motifs is 12. The second-order valence-corrected chi connectivity index (χ2v) is 44.6. The molecule has 0 radical (unpaired) electrons. The Hall–Kier alpha value is -9.59. The van der Waals surface area contributed by atoms with Crippen molar-refractivity contribution in [3.8, 4) is 23.3 Å². The number of aliphatic carboxylic acids is 1. The highest BCUT2D eigenvalue weighted by Gasteiger charge is 2.64. The van der Waals surface area contributed by atoms with Gasteiger partial charge in [0.15, 0.2) is 5.78 Å². The predicted molar refractivity (Wildman–Crippen MR) is 501 cm³/mol. The van der Waals surface area contributed by atoms with Gasteiger partial charge in [0.25, 0.3) is 5.91 Å². The Kier molecular flexibility index (Phi) is 29.5. The summed E-state index contributed by atoms with van der Waals surface area (Å²) in [5, 5.41) is 12.2. The monoisotopic (exact) mass is 1870 g/mol. The average molecular weight is 1870 g/mol. The number of ether oxygens (including phenoxy) is 6. The van der Waals surface area contributed by atoms with Crippen molar-refractivity contribution in [1.82, 2.24) is 39.0 Å². The molecule has 31 heteroatoms. The van der Waals surface area contributed by atoms with Crippen molar-refractivity contribution < 1.29 is 88.7 Å². The first-order chi connectivity index (χ1) is 62.7. The van der Waals surface area contributed by atoms with Crippen molar-refractivity contribution in [1.29, 1.82) is 0 Å². The summed E-state index contributed by atoms with van der Waals surface area (Å²) in [4.78, 5) is 128. The third kappa shape index (κ3) is 21.7. The van der Waals surface area contributed by atoms with E-state index >= 15 is 4.79 Å². The van der Waals surface area contributed by atoms with Crippen molar-refractivity contribution >= 4 is 102 Å². The van der Waals surface area contributed by atoms with E-state index in [9.17, 15) is 55.5 Å². The molecular weight excluding hydrogens is 1740 g/mol. The zero-order valence-electron chi connectivity index (χ0n) is 76.9. The average Bonchev–Trinajstić information content (AvgIpc) is 1.55. The van der Waals surface area contributed by atoms with Crippen LogP contribution in [0.5, 0.6) is 23.3 Å². The van der Waals surface area contributed by atoms with Gasteiger partial charge in [0.1, 0.15) is 47.5 Å². The minimum absolute atomic E-state index is 0. The molecule has 8 aliphatic carbocycles. The maximum Gasteiger partial charge on any atom is 0.326 e. The number of sulfonamides is 2. The van der Waals surface area contributed by atoms with Crippen LogP contribution in [0.1, 0.15) is 195 Å². The number of nitrogens with one attached hydrogen (secondary N) is 2. The van der Waals surface area contributed by atoms with Gasteiger partial charge in [0, 0.05) is 49.0 Å². The number of amides is 4. The highest BCUT2D eigenvalue weighted by atomic mass is 35.5. The van der Waals surface area contributed by atoms with Crippen LogP contribution in [-0.4, -0.2) is 218 Å². The fraction of sp³-hybridized carbons (Fsp3) is 0.584. The summed E-state index contributed by atoms with van der Waals surface area (Å²) < 4.78 is 91.5. The zero-order chi connectivity index (χ0) is 92.6. The van der Waals surface area contributed by atoms with Gasteiger partial charge in [-0.1, -0.05) is 111 Å². The number of carbonyl (C=O) groups excluding carboxylic acids is 7. The lowest BCUT2D eigenvalue weighted by Gasteiger charge is -2.31. The molecule has 6 aromatic rings. The largest absolute Gasteiger partial charge is 0.492 e. The molecule has 5 N–H and O–H groups in total. The number of esters is 2. The molecule has 18 rings (SSSR count). The Labute approximate surface area is 781 Å². The Morgan fingerprint density at radius 2 is 0.947 bits per heavy atom. The molecule has 6 heterocycles. The number of carboxylic acid groups (broad SMARTS) is 1. The molecule has 0 spiro atoms. The van der Waals surface area contributed by atoms with E-state index in [-0.39, 0.29) is 123 Å². The van der Waals surface area contributed by atoms with E-state index in [1.54, 1.807) is 30.9 Å². The Morgan fingerprint density at radius 1 is 0.538 bits per heavy atom. The van der Waals surface area contributed by atoms with Crippen LogP contribution in [0.2, 0.25) is 0 Å². The fourth-order valence-corrected chi connectivity index (χ4v) is 23.3.